The Balaban J connectivity index is 2.18. The number of para-hydroxylation sites is 1. The molecule has 0 heterocycles. The number of amides is 1. The number of hydrogen-bond donors (Lipinski definition) is 1. The predicted octanol–water partition coefficient (Wildman–Crippen LogP) is 5.51. The van der Waals surface area contributed by atoms with E-state index < -0.39 is 23.5 Å². The number of rotatable bonds is 5. The Labute approximate surface area is 172 Å². The monoisotopic (exact) mass is 451 g/mol. The first kappa shape index (κ1) is 21.9. The molecule has 0 aliphatic heterocycles. The maximum Gasteiger partial charge on any atom is 0.412 e. The number of benzene rings is 2. The van der Waals surface area contributed by atoms with E-state index in [4.69, 9.17) is 4.74 Å². The smallest absolute Gasteiger partial charge is 0.412 e. The normalized spacial score (nSPS) is 11.1. The Kier molecular flexibility index (Phi) is 7.18. The van der Waals surface area contributed by atoms with Crippen LogP contribution in [0.5, 0.6) is 0 Å². The Hall–Kier alpha value is -2.41. The summed E-state index contributed by atoms with van der Waals surface area (Å²) in [6, 6.07) is 10.5. The first-order valence-corrected chi connectivity index (χ1v) is 9.54. The van der Waals surface area contributed by atoms with Gasteiger partial charge in [0.25, 0.3) is 0 Å². The number of ether oxygens (including phenoxy) is 2. The second-order valence-electron chi connectivity index (χ2n) is 7.17. The van der Waals surface area contributed by atoms with Crippen molar-refractivity contribution in [3.63, 3.8) is 0 Å². The highest BCUT2D eigenvalue weighted by Crippen LogP contribution is 2.26. The predicted molar refractivity (Wildman–Crippen MR) is 109 cm³/mol. The van der Waals surface area contributed by atoms with E-state index >= 15 is 0 Å². The van der Waals surface area contributed by atoms with E-state index in [9.17, 15) is 14.0 Å². The largest absolute Gasteiger partial charge is 0.465 e. The van der Waals surface area contributed by atoms with Crippen molar-refractivity contribution in [2.24, 2.45) is 0 Å². The zero-order valence-corrected chi connectivity index (χ0v) is 17.9. The van der Waals surface area contributed by atoms with Crippen LogP contribution in [0.25, 0.3) is 0 Å². The van der Waals surface area contributed by atoms with Crippen LogP contribution in [0.3, 0.4) is 0 Å². The van der Waals surface area contributed by atoms with Gasteiger partial charge in [0.2, 0.25) is 0 Å². The lowest BCUT2D eigenvalue weighted by molar-refractivity contribution is 0.0591. The molecule has 0 saturated heterocycles. The molecule has 0 radical (unpaired) electrons. The highest BCUT2D eigenvalue weighted by molar-refractivity contribution is 9.10. The lowest BCUT2D eigenvalue weighted by Gasteiger charge is -2.20. The molecule has 5 nitrogen and oxygen atoms in total. The number of anilines is 1. The molecule has 0 bridgehead atoms. The Morgan fingerprint density at radius 1 is 1.07 bits per heavy atom. The standard InChI is InChI=1S/C21H23BrFNO4/c1-21(2,3)28-20(26)24-16-8-6-5-7-13(16)9-10-14-11-12-15(22)17(18(14)23)19(25)27-4/h5-8,11-12H,9-10H2,1-4H3,(H,24,26). The highest BCUT2D eigenvalue weighted by Gasteiger charge is 2.20. The number of nitrogens with one attached hydrogen (secondary N) is 1. The molecule has 2 rings (SSSR count). The lowest BCUT2D eigenvalue weighted by Crippen LogP contribution is -2.27. The summed E-state index contributed by atoms with van der Waals surface area (Å²) < 4.78 is 25.0. The third-order valence-corrected chi connectivity index (χ3v) is 4.54. The summed E-state index contributed by atoms with van der Waals surface area (Å²) in [6.07, 6.45) is 0.254. The number of esters is 1. The highest BCUT2D eigenvalue weighted by atomic mass is 79.9. The van der Waals surface area contributed by atoms with Crippen LogP contribution in [0.4, 0.5) is 14.9 Å². The molecule has 1 N–H and O–H groups in total. The Morgan fingerprint density at radius 3 is 2.36 bits per heavy atom. The van der Waals surface area contributed by atoms with Gasteiger partial charge in [0.15, 0.2) is 0 Å². The fourth-order valence-corrected chi connectivity index (χ4v) is 3.09. The van der Waals surface area contributed by atoms with Crippen molar-refractivity contribution >= 4 is 33.7 Å². The van der Waals surface area contributed by atoms with Crippen molar-refractivity contribution in [2.45, 2.75) is 39.2 Å². The average Bonchev–Trinajstić information content (AvgIpc) is 2.60. The van der Waals surface area contributed by atoms with Crippen molar-refractivity contribution in [3.05, 3.63) is 63.4 Å². The molecule has 7 heteroatoms. The molecule has 0 saturated carbocycles. The van der Waals surface area contributed by atoms with Crippen molar-refractivity contribution in [1.82, 2.24) is 0 Å². The van der Waals surface area contributed by atoms with E-state index in [1.54, 1.807) is 45.0 Å². The molecule has 0 fully saturated rings. The Morgan fingerprint density at radius 2 is 1.71 bits per heavy atom. The van der Waals surface area contributed by atoms with Gasteiger partial charge in [-0.15, -0.1) is 0 Å². The van der Waals surface area contributed by atoms with E-state index in [0.717, 1.165) is 5.56 Å². The number of methoxy groups -OCH3 is 1. The second kappa shape index (κ2) is 9.19. The summed E-state index contributed by atoms with van der Waals surface area (Å²) >= 11 is 3.18. The van der Waals surface area contributed by atoms with Crippen molar-refractivity contribution in [1.29, 1.82) is 0 Å². The zero-order chi connectivity index (χ0) is 20.9. The maximum atomic E-state index is 14.7. The van der Waals surface area contributed by atoms with Crippen molar-refractivity contribution in [2.75, 3.05) is 12.4 Å². The third-order valence-electron chi connectivity index (χ3n) is 3.88. The molecule has 2 aromatic rings. The molecule has 0 aromatic heterocycles. The van der Waals surface area contributed by atoms with Gasteiger partial charge in [-0.1, -0.05) is 24.3 Å². The Bertz CT molecular complexity index is 877. The van der Waals surface area contributed by atoms with Crippen LogP contribution in [0.15, 0.2) is 40.9 Å². The van der Waals surface area contributed by atoms with Crippen LogP contribution in [0.2, 0.25) is 0 Å². The number of hydrogen-bond acceptors (Lipinski definition) is 4. The van der Waals surface area contributed by atoms with Gasteiger partial charge in [-0.2, -0.15) is 0 Å². The number of carbonyl (C=O) groups excluding carboxylic acids is 2. The fourth-order valence-electron chi connectivity index (χ4n) is 2.62. The van der Waals surface area contributed by atoms with Gasteiger partial charge in [0.05, 0.1) is 7.11 Å². The van der Waals surface area contributed by atoms with Crippen LogP contribution in [0.1, 0.15) is 42.3 Å². The van der Waals surface area contributed by atoms with Gasteiger partial charge in [-0.25, -0.2) is 14.0 Å². The van der Waals surface area contributed by atoms with E-state index in [0.29, 0.717) is 28.6 Å². The SMILES string of the molecule is COC(=O)c1c(Br)ccc(CCc2ccccc2NC(=O)OC(C)(C)C)c1F. The number of halogens is 2. The van der Waals surface area contributed by atoms with Crippen LogP contribution in [-0.4, -0.2) is 24.8 Å². The van der Waals surface area contributed by atoms with Gasteiger partial charge >= 0.3 is 12.1 Å². The number of aryl methyl sites for hydroxylation is 2. The maximum absolute atomic E-state index is 14.7. The summed E-state index contributed by atoms with van der Waals surface area (Å²) in [4.78, 5) is 23.9. The van der Waals surface area contributed by atoms with Gasteiger partial charge in [0.1, 0.15) is 17.0 Å². The van der Waals surface area contributed by atoms with E-state index in [-0.39, 0.29) is 5.56 Å². The van der Waals surface area contributed by atoms with Crippen LogP contribution in [0, 0.1) is 5.82 Å². The molecular weight excluding hydrogens is 429 g/mol. The minimum absolute atomic E-state index is 0.125. The zero-order valence-electron chi connectivity index (χ0n) is 16.3. The van der Waals surface area contributed by atoms with Crippen LogP contribution in [-0.2, 0) is 22.3 Å². The molecule has 1 amide bonds. The van der Waals surface area contributed by atoms with E-state index in [1.807, 2.05) is 12.1 Å². The van der Waals surface area contributed by atoms with Gasteiger partial charge in [-0.05, 0) is 72.8 Å². The summed E-state index contributed by atoms with van der Waals surface area (Å²) in [6.45, 7) is 5.36. The first-order valence-electron chi connectivity index (χ1n) is 8.75. The first-order chi connectivity index (χ1) is 13.1. The minimum atomic E-state index is -0.738. The van der Waals surface area contributed by atoms with Crippen LogP contribution >= 0.6 is 15.9 Å². The summed E-state index contributed by atoms with van der Waals surface area (Å²) in [7, 11) is 1.21. The molecule has 0 spiro atoms. The quantitative estimate of drug-likeness (QED) is 0.608. The topological polar surface area (TPSA) is 64.6 Å². The molecule has 0 unspecified atom stereocenters. The van der Waals surface area contributed by atoms with Crippen molar-refractivity contribution < 1.29 is 23.5 Å². The van der Waals surface area contributed by atoms with E-state index in [2.05, 4.69) is 26.0 Å². The molecule has 0 aliphatic carbocycles. The van der Waals surface area contributed by atoms with Crippen molar-refractivity contribution in [3.8, 4) is 0 Å². The summed E-state index contributed by atoms with van der Waals surface area (Å²) in [5.41, 5.74) is 1.08. The van der Waals surface area contributed by atoms with Gasteiger partial charge in [-0.3, -0.25) is 5.32 Å². The van der Waals surface area contributed by atoms with Gasteiger partial charge < -0.3 is 9.47 Å². The fraction of sp³-hybridized carbons (Fsp3) is 0.333. The number of carbonyl (C=O) groups is 2. The second-order valence-corrected chi connectivity index (χ2v) is 8.03. The minimum Gasteiger partial charge on any atom is -0.465 e. The van der Waals surface area contributed by atoms with Crippen LogP contribution < -0.4 is 5.32 Å². The summed E-state index contributed by atoms with van der Waals surface area (Å²) in [5, 5.41) is 2.73. The molecular formula is C21H23BrFNO4. The molecule has 0 atom stereocenters. The molecule has 2 aromatic carbocycles. The molecule has 0 aliphatic rings. The lowest BCUT2D eigenvalue weighted by atomic mass is 10.0. The molecule has 150 valence electrons. The van der Waals surface area contributed by atoms with Gasteiger partial charge in [0, 0.05) is 10.2 Å². The summed E-state index contributed by atoms with van der Waals surface area (Å²) in [5.74, 6) is -1.35. The van der Waals surface area contributed by atoms with E-state index in [1.165, 1.54) is 7.11 Å². The third kappa shape index (κ3) is 5.79. The molecule has 28 heavy (non-hydrogen) atoms. The average molecular weight is 452 g/mol.